The average molecular weight is 592 g/mol. The Labute approximate surface area is 214 Å². The lowest BCUT2D eigenvalue weighted by Gasteiger charge is -2.35. The van der Waals surface area contributed by atoms with Crippen LogP contribution in [0.5, 0.6) is 0 Å². The van der Waals surface area contributed by atoms with Gasteiger partial charge in [-0.15, -0.1) is 0 Å². The number of Topliss-reactive ketones (excluding diaryl/α,β-unsaturated/α-hetero) is 1. The second kappa shape index (κ2) is 10.3. The third-order valence-electron chi connectivity index (χ3n) is 6.25. The number of nitrogens with one attached hydrogen (secondary N) is 1. The molecule has 0 bridgehead atoms. The Bertz CT molecular complexity index is 1110. The first-order chi connectivity index (χ1) is 16.3. The number of likely N-dealkylation sites (tertiary alicyclic amines) is 1. The summed E-state index contributed by atoms with van der Waals surface area (Å²) in [4.78, 5) is 53.7. The molecule has 1 atom stereocenters. The van der Waals surface area contributed by atoms with Crippen LogP contribution in [0.1, 0.15) is 47.6 Å². The van der Waals surface area contributed by atoms with Gasteiger partial charge < -0.3 is 16.0 Å². The van der Waals surface area contributed by atoms with Crippen LogP contribution in [0, 0.1) is 0 Å². The van der Waals surface area contributed by atoms with Gasteiger partial charge in [0.1, 0.15) is 6.04 Å². The van der Waals surface area contributed by atoms with Gasteiger partial charge in [0.25, 0.3) is 5.91 Å². The van der Waals surface area contributed by atoms with Gasteiger partial charge in [0.15, 0.2) is 5.78 Å². The van der Waals surface area contributed by atoms with E-state index in [2.05, 4.69) is 37.2 Å². The molecule has 2 aromatic carbocycles. The normalized spacial score (nSPS) is 18.8. The number of amides is 4. The summed E-state index contributed by atoms with van der Waals surface area (Å²) in [6.45, 7) is 0.868. The molecule has 0 radical (unpaired) electrons. The number of nitrogens with zero attached hydrogens (tertiary/aromatic N) is 2. The van der Waals surface area contributed by atoms with Crippen molar-refractivity contribution in [3.8, 4) is 0 Å². The Balaban J connectivity index is 1.30. The molecule has 2 fully saturated rings. The second-order valence-electron chi connectivity index (χ2n) is 8.39. The molecule has 4 rings (SSSR count). The third-order valence-corrected chi connectivity index (χ3v) is 7.57. The molecule has 4 amide bonds. The number of nitrogen functional groups attached to an aromatic ring is 1. The van der Waals surface area contributed by atoms with Crippen molar-refractivity contribution in [3.63, 3.8) is 0 Å². The zero-order valence-electron chi connectivity index (χ0n) is 18.3. The number of anilines is 1. The zero-order chi connectivity index (χ0) is 24.4. The highest BCUT2D eigenvalue weighted by molar-refractivity contribution is 9.11. The maximum atomic E-state index is 12.9. The maximum absolute atomic E-state index is 12.9. The largest absolute Gasteiger partial charge is 0.397 e. The summed E-state index contributed by atoms with van der Waals surface area (Å²) in [7, 11) is 0. The molecule has 2 aliphatic heterocycles. The minimum Gasteiger partial charge on any atom is -0.397 e. The van der Waals surface area contributed by atoms with Crippen LogP contribution >= 0.6 is 31.9 Å². The van der Waals surface area contributed by atoms with Crippen LogP contribution in [-0.2, 0) is 9.59 Å². The summed E-state index contributed by atoms with van der Waals surface area (Å²) < 4.78 is 1.24. The molecule has 0 saturated carbocycles. The average Bonchev–Trinajstić information content (AvgIpc) is 3.14. The first-order valence-electron chi connectivity index (χ1n) is 11.0. The van der Waals surface area contributed by atoms with Crippen molar-refractivity contribution >= 4 is 61.2 Å². The van der Waals surface area contributed by atoms with Crippen LogP contribution in [0.3, 0.4) is 0 Å². The molecule has 2 saturated heterocycles. The van der Waals surface area contributed by atoms with E-state index in [0.29, 0.717) is 46.1 Å². The number of imide groups is 1. The number of urea groups is 1. The van der Waals surface area contributed by atoms with Gasteiger partial charge in [-0.2, -0.15) is 0 Å². The molecule has 1 unspecified atom stereocenters. The smallest absolute Gasteiger partial charge is 0.325 e. The van der Waals surface area contributed by atoms with E-state index in [1.54, 1.807) is 17.0 Å². The lowest BCUT2D eigenvalue weighted by atomic mass is 10.0. The van der Waals surface area contributed by atoms with Crippen molar-refractivity contribution in [1.82, 2.24) is 15.1 Å². The molecule has 0 spiro atoms. The van der Waals surface area contributed by atoms with Crippen molar-refractivity contribution in [1.29, 1.82) is 0 Å². The van der Waals surface area contributed by atoms with E-state index in [0.717, 1.165) is 5.56 Å². The fraction of sp³-hybridized carbons (Fsp3) is 0.333. The number of rotatable bonds is 6. The minimum absolute atomic E-state index is 0.0906. The SMILES string of the molecule is Nc1c(Br)cc(C(=O)CCC(=O)N2CCC(N3C(=O)NC(c4ccccc4)C3=O)CC2)cc1Br. The number of nitrogens with two attached hydrogens (primary N) is 1. The van der Waals surface area contributed by atoms with Crippen LogP contribution in [-0.4, -0.2) is 52.6 Å². The van der Waals surface area contributed by atoms with Crippen molar-refractivity contribution in [2.75, 3.05) is 18.8 Å². The van der Waals surface area contributed by atoms with Gasteiger partial charge in [-0.05, 0) is 62.4 Å². The van der Waals surface area contributed by atoms with E-state index in [9.17, 15) is 19.2 Å². The number of hydrogen-bond acceptors (Lipinski definition) is 5. The zero-order valence-corrected chi connectivity index (χ0v) is 21.5. The Morgan fingerprint density at radius 3 is 2.24 bits per heavy atom. The van der Waals surface area contributed by atoms with Crippen LogP contribution < -0.4 is 11.1 Å². The van der Waals surface area contributed by atoms with Crippen LogP contribution in [0.15, 0.2) is 51.4 Å². The summed E-state index contributed by atoms with van der Waals surface area (Å²) in [6.07, 6.45) is 1.21. The Morgan fingerprint density at radius 2 is 1.62 bits per heavy atom. The number of piperidine rings is 1. The van der Waals surface area contributed by atoms with Crippen LogP contribution in [0.4, 0.5) is 10.5 Å². The fourth-order valence-electron chi connectivity index (χ4n) is 4.35. The number of carbonyl (C=O) groups is 4. The predicted molar refractivity (Wildman–Crippen MR) is 134 cm³/mol. The Kier molecular flexibility index (Phi) is 7.37. The fourth-order valence-corrected chi connectivity index (χ4v) is 5.54. The summed E-state index contributed by atoms with van der Waals surface area (Å²) in [5.41, 5.74) is 7.60. The summed E-state index contributed by atoms with van der Waals surface area (Å²) in [5, 5.41) is 2.77. The minimum atomic E-state index is -0.673. The first kappa shape index (κ1) is 24.4. The van der Waals surface area contributed by atoms with Gasteiger partial charge in [-0.1, -0.05) is 30.3 Å². The number of carbonyl (C=O) groups excluding carboxylic acids is 4. The third kappa shape index (κ3) is 5.02. The molecule has 34 heavy (non-hydrogen) atoms. The molecule has 2 heterocycles. The molecule has 0 aliphatic carbocycles. The molecule has 2 aromatic rings. The molecule has 3 N–H and O–H groups in total. The number of halogens is 2. The molecular formula is C24H24Br2N4O4. The van der Waals surface area contributed by atoms with Gasteiger partial charge in [-0.25, -0.2) is 4.79 Å². The topological polar surface area (TPSA) is 113 Å². The number of ketones is 1. The van der Waals surface area contributed by atoms with Crippen molar-refractivity contribution in [2.24, 2.45) is 0 Å². The molecule has 0 aromatic heterocycles. The van der Waals surface area contributed by atoms with E-state index in [-0.39, 0.29) is 36.5 Å². The lowest BCUT2D eigenvalue weighted by molar-refractivity contribution is -0.133. The highest BCUT2D eigenvalue weighted by Gasteiger charge is 2.43. The Morgan fingerprint density at radius 1 is 1.00 bits per heavy atom. The molecular weight excluding hydrogens is 568 g/mol. The molecule has 178 valence electrons. The van der Waals surface area contributed by atoms with Crippen molar-refractivity contribution in [2.45, 2.75) is 37.8 Å². The Hall–Kier alpha value is -2.72. The van der Waals surface area contributed by atoms with Crippen LogP contribution in [0.25, 0.3) is 0 Å². The summed E-state index contributed by atoms with van der Waals surface area (Å²) >= 11 is 6.66. The predicted octanol–water partition coefficient (Wildman–Crippen LogP) is 4.04. The van der Waals surface area contributed by atoms with Crippen LogP contribution in [0.2, 0.25) is 0 Å². The van der Waals surface area contributed by atoms with Crippen molar-refractivity contribution in [3.05, 3.63) is 62.5 Å². The van der Waals surface area contributed by atoms with Gasteiger partial charge in [0.2, 0.25) is 5.91 Å². The van der Waals surface area contributed by atoms with Crippen molar-refractivity contribution < 1.29 is 19.2 Å². The van der Waals surface area contributed by atoms with E-state index >= 15 is 0 Å². The van der Waals surface area contributed by atoms with E-state index < -0.39 is 12.1 Å². The quantitative estimate of drug-likeness (QED) is 0.299. The molecule has 8 nitrogen and oxygen atoms in total. The van der Waals surface area contributed by atoms with E-state index in [1.165, 1.54) is 4.90 Å². The second-order valence-corrected chi connectivity index (χ2v) is 10.1. The van der Waals surface area contributed by atoms with Gasteiger partial charge >= 0.3 is 6.03 Å². The summed E-state index contributed by atoms with van der Waals surface area (Å²) in [5.74, 6) is -0.511. The van der Waals surface area contributed by atoms with E-state index in [1.807, 2.05) is 30.3 Å². The monoisotopic (exact) mass is 590 g/mol. The molecule has 2 aliphatic rings. The maximum Gasteiger partial charge on any atom is 0.325 e. The number of benzene rings is 2. The summed E-state index contributed by atoms with van der Waals surface area (Å²) in [6, 6.07) is 11.1. The highest BCUT2D eigenvalue weighted by atomic mass is 79.9. The van der Waals surface area contributed by atoms with Gasteiger partial charge in [0, 0.05) is 46.5 Å². The van der Waals surface area contributed by atoms with Gasteiger partial charge in [-0.3, -0.25) is 19.3 Å². The first-order valence-corrected chi connectivity index (χ1v) is 12.6. The van der Waals surface area contributed by atoms with E-state index in [4.69, 9.17) is 5.73 Å². The molecule has 10 heteroatoms. The number of hydrogen-bond donors (Lipinski definition) is 2. The lowest BCUT2D eigenvalue weighted by Crippen LogP contribution is -2.49. The highest BCUT2D eigenvalue weighted by Crippen LogP contribution is 2.31. The van der Waals surface area contributed by atoms with Gasteiger partial charge in [0.05, 0.1) is 5.69 Å². The standard InChI is InChI=1S/C24H24Br2N4O4/c25-17-12-15(13-18(26)21(17)27)19(31)6-7-20(32)29-10-8-16(9-11-29)30-23(33)22(28-24(30)34)14-4-2-1-3-5-14/h1-5,12-13,16,22H,6-11,27H2,(H,28,34).